The lowest BCUT2D eigenvalue weighted by Crippen LogP contribution is -2.31. The smallest absolute Gasteiger partial charge is 0.225 e. The summed E-state index contributed by atoms with van der Waals surface area (Å²) in [5.74, 6) is 0.612. The van der Waals surface area contributed by atoms with Crippen LogP contribution >= 0.6 is 22.9 Å². The van der Waals surface area contributed by atoms with Gasteiger partial charge < -0.3 is 4.90 Å². The molecule has 5 rings (SSSR count). The number of hydrogen-bond acceptors (Lipinski definition) is 4. The van der Waals surface area contributed by atoms with Crippen LogP contribution in [0.1, 0.15) is 16.0 Å². The molecule has 0 aliphatic carbocycles. The third kappa shape index (κ3) is 2.95. The van der Waals surface area contributed by atoms with Gasteiger partial charge in [0.1, 0.15) is 16.5 Å². The minimum atomic E-state index is -0.243. The number of fused-ring (bicyclic) bond motifs is 2. The molecular weight excluding hydrogens is 393 g/mol. The van der Waals surface area contributed by atoms with Gasteiger partial charge in [-0.1, -0.05) is 36.4 Å². The Labute approximate surface area is 171 Å². The average Bonchev–Trinajstić information content (AvgIpc) is 3.03. The van der Waals surface area contributed by atoms with Crippen LogP contribution in [0.15, 0.2) is 48.5 Å². The van der Waals surface area contributed by atoms with Gasteiger partial charge in [0.25, 0.3) is 0 Å². The fourth-order valence-electron chi connectivity index (χ4n) is 3.94. The minimum absolute atomic E-state index is 0.243. The molecule has 3 heterocycles. The van der Waals surface area contributed by atoms with E-state index in [4.69, 9.17) is 11.6 Å². The summed E-state index contributed by atoms with van der Waals surface area (Å²) >= 11 is 7.88. The zero-order valence-corrected chi connectivity index (χ0v) is 16.8. The molecule has 2 aromatic heterocycles. The summed E-state index contributed by atoms with van der Waals surface area (Å²) in [5.41, 5.74) is 4.72. The number of anilines is 1. The van der Waals surface area contributed by atoms with Gasteiger partial charge in [-0.3, -0.25) is 0 Å². The van der Waals surface area contributed by atoms with Crippen LogP contribution in [-0.4, -0.2) is 16.5 Å². The van der Waals surface area contributed by atoms with E-state index in [9.17, 15) is 4.39 Å². The van der Waals surface area contributed by atoms with Gasteiger partial charge in [0.2, 0.25) is 5.28 Å². The van der Waals surface area contributed by atoms with E-state index in [1.807, 2.05) is 12.1 Å². The molecule has 0 saturated heterocycles. The zero-order chi connectivity index (χ0) is 19.3. The van der Waals surface area contributed by atoms with Gasteiger partial charge >= 0.3 is 0 Å². The molecule has 0 bridgehead atoms. The largest absolute Gasteiger partial charge is 0.351 e. The van der Waals surface area contributed by atoms with E-state index in [0.717, 1.165) is 51.5 Å². The van der Waals surface area contributed by atoms with Gasteiger partial charge in [-0.25, -0.2) is 9.37 Å². The lowest BCUT2D eigenvalue weighted by atomic mass is 9.99. The lowest BCUT2D eigenvalue weighted by molar-refractivity contribution is 0.628. The Morgan fingerprint density at radius 1 is 1.04 bits per heavy atom. The molecule has 1 aliphatic rings. The summed E-state index contributed by atoms with van der Waals surface area (Å²) in [6.45, 7) is 3.72. The van der Waals surface area contributed by atoms with Crippen LogP contribution in [0.4, 0.5) is 10.2 Å². The van der Waals surface area contributed by atoms with Gasteiger partial charge in [0.15, 0.2) is 0 Å². The standard InChI is InChI=1S/C22H17ClFN3S/c1-13-18(15-6-8-17(24)9-7-15)19-20(25-22(23)26-21(19)28-13)27-11-10-14-4-2-3-5-16(14)12-27/h2-9H,10-12H2,1H3. The normalized spacial score (nSPS) is 13.8. The molecule has 6 heteroatoms. The molecule has 2 aromatic carbocycles. The number of benzene rings is 2. The van der Waals surface area contributed by atoms with Gasteiger partial charge in [0, 0.05) is 23.5 Å². The second kappa shape index (κ2) is 6.83. The van der Waals surface area contributed by atoms with Gasteiger partial charge in [0.05, 0.1) is 5.39 Å². The highest BCUT2D eigenvalue weighted by atomic mass is 35.5. The molecule has 0 N–H and O–H groups in total. The van der Waals surface area contributed by atoms with Crippen molar-refractivity contribution in [1.82, 2.24) is 9.97 Å². The van der Waals surface area contributed by atoms with Crippen molar-refractivity contribution in [2.75, 3.05) is 11.4 Å². The van der Waals surface area contributed by atoms with Crippen molar-refractivity contribution in [1.29, 1.82) is 0 Å². The molecule has 28 heavy (non-hydrogen) atoms. The number of hydrogen-bond donors (Lipinski definition) is 0. The van der Waals surface area contributed by atoms with Gasteiger partial charge in [-0.15, -0.1) is 11.3 Å². The van der Waals surface area contributed by atoms with E-state index in [1.54, 1.807) is 11.3 Å². The Balaban J connectivity index is 1.70. The summed E-state index contributed by atoms with van der Waals surface area (Å²) in [6.07, 6.45) is 0.967. The number of aryl methyl sites for hydroxylation is 1. The quantitative estimate of drug-likeness (QED) is 0.379. The number of nitrogens with zero attached hydrogens (tertiary/aromatic N) is 3. The summed E-state index contributed by atoms with van der Waals surface area (Å²) in [5, 5.41) is 1.26. The monoisotopic (exact) mass is 409 g/mol. The maximum absolute atomic E-state index is 13.5. The molecule has 0 saturated carbocycles. The number of rotatable bonds is 2. The summed E-state index contributed by atoms with van der Waals surface area (Å²) in [6, 6.07) is 15.1. The highest BCUT2D eigenvalue weighted by molar-refractivity contribution is 7.19. The Morgan fingerprint density at radius 2 is 1.79 bits per heavy atom. The first kappa shape index (κ1) is 17.6. The predicted octanol–water partition coefficient (Wildman–Crippen LogP) is 6.02. The molecular formula is C22H17ClFN3S. The number of halogens is 2. The molecule has 140 valence electrons. The van der Waals surface area contributed by atoms with E-state index in [2.05, 4.69) is 46.1 Å². The molecule has 0 unspecified atom stereocenters. The van der Waals surface area contributed by atoms with Crippen LogP contribution < -0.4 is 4.90 Å². The second-order valence-electron chi connectivity index (χ2n) is 6.98. The topological polar surface area (TPSA) is 29.0 Å². The van der Waals surface area contributed by atoms with Crippen molar-refractivity contribution in [3.05, 3.63) is 75.6 Å². The van der Waals surface area contributed by atoms with Crippen LogP contribution in [-0.2, 0) is 13.0 Å². The van der Waals surface area contributed by atoms with E-state index in [0.29, 0.717) is 0 Å². The lowest BCUT2D eigenvalue weighted by Gasteiger charge is -2.30. The van der Waals surface area contributed by atoms with Crippen LogP contribution in [0.3, 0.4) is 0 Å². The first-order chi connectivity index (χ1) is 13.6. The molecule has 0 spiro atoms. The third-order valence-electron chi connectivity index (χ3n) is 5.24. The molecule has 0 atom stereocenters. The maximum atomic E-state index is 13.5. The summed E-state index contributed by atoms with van der Waals surface area (Å²) in [4.78, 5) is 13.4. The molecule has 3 nitrogen and oxygen atoms in total. The first-order valence-corrected chi connectivity index (χ1v) is 10.3. The molecule has 1 aliphatic heterocycles. The summed E-state index contributed by atoms with van der Waals surface area (Å²) < 4.78 is 13.5. The molecule has 4 aromatic rings. The van der Waals surface area contributed by atoms with Crippen LogP contribution in [0, 0.1) is 12.7 Å². The van der Waals surface area contributed by atoms with Crippen molar-refractivity contribution < 1.29 is 4.39 Å². The highest BCUT2D eigenvalue weighted by Crippen LogP contribution is 2.43. The first-order valence-electron chi connectivity index (χ1n) is 9.14. The average molecular weight is 410 g/mol. The Morgan fingerprint density at radius 3 is 2.57 bits per heavy atom. The molecule has 0 amide bonds. The van der Waals surface area contributed by atoms with E-state index < -0.39 is 0 Å². The van der Waals surface area contributed by atoms with Crippen LogP contribution in [0.2, 0.25) is 5.28 Å². The maximum Gasteiger partial charge on any atom is 0.225 e. The van der Waals surface area contributed by atoms with Crippen molar-refractivity contribution in [3.63, 3.8) is 0 Å². The predicted molar refractivity (Wildman–Crippen MR) is 114 cm³/mol. The van der Waals surface area contributed by atoms with Crippen molar-refractivity contribution in [3.8, 4) is 11.1 Å². The Hall–Kier alpha value is -2.50. The Bertz CT molecular complexity index is 1190. The number of aromatic nitrogens is 2. The Kier molecular flexibility index (Phi) is 4.29. The van der Waals surface area contributed by atoms with Gasteiger partial charge in [-0.2, -0.15) is 4.98 Å². The van der Waals surface area contributed by atoms with Gasteiger partial charge in [-0.05, 0) is 53.8 Å². The summed E-state index contributed by atoms with van der Waals surface area (Å²) in [7, 11) is 0. The highest BCUT2D eigenvalue weighted by Gasteiger charge is 2.24. The van der Waals surface area contributed by atoms with Crippen molar-refractivity contribution >= 4 is 39.0 Å². The van der Waals surface area contributed by atoms with Crippen LogP contribution in [0.5, 0.6) is 0 Å². The molecule has 0 radical (unpaired) electrons. The molecule has 0 fully saturated rings. The van der Waals surface area contributed by atoms with E-state index >= 15 is 0 Å². The zero-order valence-electron chi connectivity index (χ0n) is 15.2. The second-order valence-corrected chi connectivity index (χ2v) is 8.52. The minimum Gasteiger partial charge on any atom is -0.351 e. The fourth-order valence-corrected chi connectivity index (χ4v) is 5.19. The number of thiophene rings is 1. The van der Waals surface area contributed by atoms with E-state index in [1.165, 1.54) is 23.3 Å². The fraction of sp³-hybridized carbons (Fsp3) is 0.182. The van der Waals surface area contributed by atoms with E-state index in [-0.39, 0.29) is 11.1 Å². The SMILES string of the molecule is Cc1sc2nc(Cl)nc(N3CCc4ccccc4C3)c2c1-c1ccc(F)cc1. The third-order valence-corrected chi connectivity index (χ3v) is 6.41. The van der Waals surface area contributed by atoms with Crippen molar-refractivity contribution in [2.45, 2.75) is 19.9 Å². The van der Waals surface area contributed by atoms with Crippen molar-refractivity contribution in [2.24, 2.45) is 0 Å². The van der Waals surface area contributed by atoms with Crippen LogP contribution in [0.25, 0.3) is 21.3 Å².